The Labute approximate surface area is 159 Å². The molecule has 0 aliphatic rings. The van der Waals surface area contributed by atoms with E-state index in [4.69, 9.17) is 0 Å². The summed E-state index contributed by atoms with van der Waals surface area (Å²) in [7, 11) is -3.79. The highest BCUT2D eigenvalue weighted by atomic mass is 32.2. The number of anilines is 1. The molecule has 0 heterocycles. The Bertz CT molecular complexity index is 1080. The summed E-state index contributed by atoms with van der Waals surface area (Å²) in [5.41, 5.74) is 4.06. The number of ketones is 1. The maximum Gasteiger partial charge on any atom is 0.261 e. The molecule has 0 aromatic heterocycles. The van der Waals surface area contributed by atoms with Gasteiger partial charge in [-0.2, -0.15) is 0 Å². The standard InChI is InChI=1S/C22H21NO3S/c1-15-8-10-19(11-9-15)27(25,26)23-21-7-5-4-6-20(21)22(24)18-13-16(2)12-17(3)14-18/h4-14,23H,1-3H3. The molecule has 0 amide bonds. The van der Waals surface area contributed by atoms with Crippen molar-refractivity contribution in [1.82, 2.24) is 0 Å². The van der Waals surface area contributed by atoms with Gasteiger partial charge < -0.3 is 0 Å². The van der Waals surface area contributed by atoms with Crippen LogP contribution < -0.4 is 4.72 Å². The van der Waals surface area contributed by atoms with Crippen LogP contribution in [0.1, 0.15) is 32.6 Å². The highest BCUT2D eigenvalue weighted by Crippen LogP contribution is 2.24. The van der Waals surface area contributed by atoms with Gasteiger partial charge >= 0.3 is 0 Å². The van der Waals surface area contributed by atoms with Crippen LogP contribution in [0.3, 0.4) is 0 Å². The fourth-order valence-electron chi connectivity index (χ4n) is 2.95. The zero-order chi connectivity index (χ0) is 19.6. The average Bonchev–Trinajstić information content (AvgIpc) is 2.61. The van der Waals surface area contributed by atoms with Gasteiger partial charge in [-0.3, -0.25) is 9.52 Å². The van der Waals surface area contributed by atoms with Crippen molar-refractivity contribution in [3.05, 3.63) is 94.5 Å². The highest BCUT2D eigenvalue weighted by Gasteiger charge is 2.19. The molecular weight excluding hydrogens is 358 g/mol. The van der Waals surface area contributed by atoms with E-state index in [2.05, 4.69) is 4.72 Å². The topological polar surface area (TPSA) is 63.2 Å². The fraction of sp³-hybridized carbons (Fsp3) is 0.136. The minimum atomic E-state index is -3.79. The first-order valence-electron chi connectivity index (χ1n) is 8.58. The van der Waals surface area contributed by atoms with Crippen LogP contribution in [0.5, 0.6) is 0 Å². The minimum absolute atomic E-state index is 0.154. The number of carbonyl (C=O) groups excluding carboxylic acids is 1. The van der Waals surface area contributed by atoms with Gasteiger partial charge in [-0.1, -0.05) is 47.0 Å². The van der Waals surface area contributed by atoms with E-state index in [1.54, 1.807) is 60.7 Å². The van der Waals surface area contributed by atoms with Crippen molar-refractivity contribution in [2.75, 3.05) is 4.72 Å². The van der Waals surface area contributed by atoms with Crippen LogP contribution in [0.25, 0.3) is 0 Å². The van der Waals surface area contributed by atoms with Crippen LogP contribution in [0, 0.1) is 20.8 Å². The number of hydrogen-bond donors (Lipinski definition) is 1. The second-order valence-corrected chi connectivity index (χ2v) is 8.35. The van der Waals surface area contributed by atoms with Crippen molar-refractivity contribution >= 4 is 21.5 Å². The quantitative estimate of drug-likeness (QED) is 0.657. The first-order valence-corrected chi connectivity index (χ1v) is 10.1. The number of benzene rings is 3. The third-order valence-electron chi connectivity index (χ3n) is 4.23. The summed E-state index contributed by atoms with van der Waals surface area (Å²) < 4.78 is 28.0. The molecular formula is C22H21NO3S. The molecule has 4 nitrogen and oxygen atoms in total. The highest BCUT2D eigenvalue weighted by molar-refractivity contribution is 7.92. The van der Waals surface area contributed by atoms with Crippen molar-refractivity contribution in [3.8, 4) is 0 Å². The van der Waals surface area contributed by atoms with Crippen molar-refractivity contribution in [2.24, 2.45) is 0 Å². The monoisotopic (exact) mass is 379 g/mol. The molecule has 0 bridgehead atoms. The second-order valence-electron chi connectivity index (χ2n) is 6.67. The van der Waals surface area contributed by atoms with E-state index in [0.717, 1.165) is 16.7 Å². The van der Waals surface area contributed by atoms with Gasteiger partial charge in [0.15, 0.2) is 5.78 Å². The maximum absolute atomic E-state index is 13.0. The molecule has 27 heavy (non-hydrogen) atoms. The van der Waals surface area contributed by atoms with Gasteiger partial charge in [-0.25, -0.2) is 8.42 Å². The van der Waals surface area contributed by atoms with Gasteiger partial charge in [-0.05, 0) is 57.2 Å². The SMILES string of the molecule is Cc1ccc(S(=O)(=O)Nc2ccccc2C(=O)c2cc(C)cc(C)c2)cc1. The minimum Gasteiger partial charge on any atom is -0.289 e. The lowest BCUT2D eigenvalue weighted by Gasteiger charge is -2.13. The van der Waals surface area contributed by atoms with Crippen LogP contribution in [-0.2, 0) is 10.0 Å². The molecule has 0 unspecified atom stereocenters. The van der Waals surface area contributed by atoms with Crippen molar-refractivity contribution in [2.45, 2.75) is 25.7 Å². The van der Waals surface area contributed by atoms with E-state index in [1.165, 1.54) is 0 Å². The van der Waals surface area contributed by atoms with Crippen LogP contribution in [0.15, 0.2) is 71.6 Å². The number of nitrogens with one attached hydrogen (secondary N) is 1. The zero-order valence-corrected chi connectivity index (χ0v) is 16.3. The van der Waals surface area contributed by atoms with Crippen LogP contribution >= 0.6 is 0 Å². The van der Waals surface area contributed by atoms with E-state index in [1.807, 2.05) is 26.8 Å². The molecule has 3 aromatic rings. The van der Waals surface area contributed by atoms with Crippen LogP contribution in [-0.4, -0.2) is 14.2 Å². The lowest BCUT2D eigenvalue weighted by molar-refractivity contribution is 0.103. The van der Waals surface area contributed by atoms with E-state index in [-0.39, 0.29) is 16.4 Å². The van der Waals surface area contributed by atoms with Gasteiger partial charge in [0.05, 0.1) is 10.6 Å². The molecule has 0 aliphatic heterocycles. The summed E-state index contributed by atoms with van der Waals surface area (Å²) in [6, 6.07) is 18.8. The summed E-state index contributed by atoms with van der Waals surface area (Å²) in [5, 5.41) is 0. The molecule has 3 rings (SSSR count). The number of rotatable bonds is 5. The smallest absolute Gasteiger partial charge is 0.261 e. The average molecular weight is 379 g/mol. The molecule has 0 saturated heterocycles. The number of sulfonamides is 1. The molecule has 0 aliphatic carbocycles. The van der Waals surface area contributed by atoms with Gasteiger partial charge in [0.25, 0.3) is 10.0 Å². The van der Waals surface area contributed by atoms with Gasteiger partial charge in [-0.15, -0.1) is 0 Å². The molecule has 0 radical (unpaired) electrons. The van der Waals surface area contributed by atoms with Crippen molar-refractivity contribution in [1.29, 1.82) is 0 Å². The first kappa shape index (κ1) is 18.9. The van der Waals surface area contributed by atoms with Crippen LogP contribution in [0.4, 0.5) is 5.69 Å². The Morgan fingerprint density at radius 2 is 1.37 bits per heavy atom. The third-order valence-corrected chi connectivity index (χ3v) is 5.61. The van der Waals surface area contributed by atoms with E-state index in [9.17, 15) is 13.2 Å². The van der Waals surface area contributed by atoms with E-state index in [0.29, 0.717) is 11.1 Å². The van der Waals surface area contributed by atoms with Crippen molar-refractivity contribution < 1.29 is 13.2 Å². The molecule has 0 saturated carbocycles. The normalized spacial score (nSPS) is 11.2. The summed E-state index contributed by atoms with van der Waals surface area (Å²) in [4.78, 5) is 13.2. The molecule has 138 valence electrons. The van der Waals surface area contributed by atoms with Crippen LogP contribution in [0.2, 0.25) is 0 Å². The molecule has 1 N–H and O–H groups in total. The predicted molar refractivity (Wildman–Crippen MR) is 108 cm³/mol. The third kappa shape index (κ3) is 4.26. The lowest BCUT2D eigenvalue weighted by Crippen LogP contribution is -2.16. The van der Waals surface area contributed by atoms with Crippen molar-refractivity contribution in [3.63, 3.8) is 0 Å². The number of para-hydroxylation sites is 1. The first-order chi connectivity index (χ1) is 12.8. The second kappa shape index (κ2) is 7.37. The molecule has 0 atom stereocenters. The number of carbonyl (C=O) groups is 1. The Kier molecular flexibility index (Phi) is 5.15. The predicted octanol–water partition coefficient (Wildman–Crippen LogP) is 4.64. The molecule has 3 aromatic carbocycles. The fourth-order valence-corrected chi connectivity index (χ4v) is 4.03. The molecule has 0 fully saturated rings. The Balaban J connectivity index is 1.99. The Morgan fingerprint density at radius 1 is 0.778 bits per heavy atom. The summed E-state index contributed by atoms with van der Waals surface area (Å²) in [6.07, 6.45) is 0. The molecule has 5 heteroatoms. The largest absolute Gasteiger partial charge is 0.289 e. The van der Waals surface area contributed by atoms with Gasteiger partial charge in [0, 0.05) is 11.1 Å². The van der Waals surface area contributed by atoms with Gasteiger partial charge in [0.1, 0.15) is 0 Å². The number of hydrogen-bond acceptors (Lipinski definition) is 3. The summed E-state index contributed by atoms with van der Waals surface area (Å²) >= 11 is 0. The molecule has 0 spiro atoms. The van der Waals surface area contributed by atoms with Gasteiger partial charge in [0.2, 0.25) is 0 Å². The van der Waals surface area contributed by atoms with E-state index < -0.39 is 10.0 Å². The summed E-state index contributed by atoms with van der Waals surface area (Å²) in [6.45, 7) is 5.74. The maximum atomic E-state index is 13.0. The van der Waals surface area contributed by atoms with E-state index >= 15 is 0 Å². The number of aryl methyl sites for hydroxylation is 3. The summed E-state index contributed by atoms with van der Waals surface area (Å²) in [5.74, 6) is -0.219. The lowest BCUT2D eigenvalue weighted by atomic mass is 9.98. The Morgan fingerprint density at radius 3 is 2.00 bits per heavy atom. The Hall–Kier alpha value is -2.92. The zero-order valence-electron chi connectivity index (χ0n) is 15.5.